The summed E-state index contributed by atoms with van der Waals surface area (Å²) >= 11 is 0. The highest BCUT2D eigenvalue weighted by molar-refractivity contribution is 5.95. The molecular weight excluding hydrogens is 311 g/mol. The van der Waals surface area contributed by atoms with E-state index < -0.39 is 23.9 Å². The lowest BCUT2D eigenvalue weighted by Crippen LogP contribution is -2.42. The molecule has 126 valence electrons. The summed E-state index contributed by atoms with van der Waals surface area (Å²) in [4.78, 5) is 15.6. The Balaban J connectivity index is 2.30. The first-order chi connectivity index (χ1) is 10.9. The number of benzene rings is 1. The van der Waals surface area contributed by atoms with Crippen molar-refractivity contribution in [3.63, 3.8) is 0 Å². The zero-order valence-electron chi connectivity index (χ0n) is 12.8. The van der Waals surface area contributed by atoms with Crippen molar-refractivity contribution >= 4 is 12.1 Å². The van der Waals surface area contributed by atoms with E-state index in [1.165, 1.54) is 12.1 Å². The monoisotopic (exact) mass is 329 g/mol. The largest absolute Gasteiger partial charge is 0.450 e. The second-order valence-corrected chi connectivity index (χ2v) is 5.01. The van der Waals surface area contributed by atoms with E-state index in [9.17, 15) is 18.0 Å². The zero-order valence-corrected chi connectivity index (χ0v) is 12.8. The van der Waals surface area contributed by atoms with Crippen LogP contribution in [0.5, 0.6) is 0 Å². The van der Waals surface area contributed by atoms with E-state index in [1.807, 2.05) is 6.92 Å². The van der Waals surface area contributed by atoms with Gasteiger partial charge in [0.15, 0.2) is 0 Å². The number of nitrogens with zero attached hydrogens (tertiary/aromatic N) is 1. The van der Waals surface area contributed by atoms with Gasteiger partial charge in [0.05, 0.1) is 24.3 Å². The smallest absolute Gasteiger partial charge is 0.416 e. The van der Waals surface area contributed by atoms with Crippen molar-refractivity contribution in [1.82, 2.24) is 10.6 Å². The molecule has 0 saturated carbocycles. The number of guanidine groups is 1. The van der Waals surface area contributed by atoms with Crippen molar-refractivity contribution in [2.45, 2.75) is 38.5 Å². The minimum Gasteiger partial charge on any atom is -0.450 e. The molecule has 5 nitrogen and oxygen atoms in total. The lowest BCUT2D eigenvalue weighted by Gasteiger charge is -2.20. The van der Waals surface area contributed by atoms with E-state index in [1.54, 1.807) is 13.0 Å². The highest BCUT2D eigenvalue weighted by atomic mass is 19.4. The van der Waals surface area contributed by atoms with E-state index in [0.29, 0.717) is 6.42 Å². The fourth-order valence-corrected chi connectivity index (χ4v) is 2.48. The third kappa shape index (κ3) is 3.94. The maximum absolute atomic E-state index is 13.2. The van der Waals surface area contributed by atoms with Crippen molar-refractivity contribution in [3.8, 4) is 0 Å². The summed E-state index contributed by atoms with van der Waals surface area (Å²) in [6.45, 7) is 3.68. The number of alkyl carbamates (subject to hydrolysis) is 1. The summed E-state index contributed by atoms with van der Waals surface area (Å²) in [5.74, 6) is 0.122. The fraction of sp³-hybridized carbons (Fsp3) is 0.467. The van der Waals surface area contributed by atoms with Gasteiger partial charge in [-0.25, -0.2) is 9.79 Å². The number of halogens is 3. The van der Waals surface area contributed by atoms with Gasteiger partial charge < -0.3 is 10.1 Å². The van der Waals surface area contributed by atoms with Gasteiger partial charge in [-0.2, -0.15) is 13.2 Å². The van der Waals surface area contributed by atoms with Crippen LogP contribution in [0, 0.1) is 0 Å². The molecule has 2 atom stereocenters. The molecule has 1 aliphatic heterocycles. The van der Waals surface area contributed by atoms with E-state index >= 15 is 0 Å². The van der Waals surface area contributed by atoms with Gasteiger partial charge in [0.1, 0.15) is 0 Å². The molecule has 1 aromatic rings. The molecule has 1 amide bonds. The maximum atomic E-state index is 13.2. The first-order valence-electron chi connectivity index (χ1n) is 7.31. The molecule has 1 heterocycles. The molecule has 1 aliphatic rings. The minimum atomic E-state index is -4.46. The molecular formula is C15H18F3N3O2. The number of aliphatic imine (C=N–C) groups is 1. The Bertz CT molecular complexity index is 602. The maximum Gasteiger partial charge on any atom is 0.416 e. The molecule has 0 fully saturated rings. The van der Waals surface area contributed by atoms with Gasteiger partial charge in [-0.1, -0.05) is 25.1 Å². The number of carbonyl (C=O) groups excluding carboxylic acids is 1. The molecule has 1 aromatic carbocycles. The first kappa shape index (κ1) is 17.1. The summed E-state index contributed by atoms with van der Waals surface area (Å²) in [6, 6.07) is 4.27. The summed E-state index contributed by atoms with van der Waals surface area (Å²) in [5, 5.41) is 5.33. The highest BCUT2D eigenvalue weighted by Crippen LogP contribution is 2.38. The average molecular weight is 329 g/mol. The minimum absolute atomic E-state index is 0.0833. The third-order valence-corrected chi connectivity index (χ3v) is 3.49. The Kier molecular flexibility index (Phi) is 5.12. The lowest BCUT2D eigenvalue weighted by molar-refractivity contribution is -0.138. The Hall–Kier alpha value is -2.25. The predicted molar refractivity (Wildman–Crippen MR) is 79.0 cm³/mol. The van der Waals surface area contributed by atoms with E-state index in [4.69, 9.17) is 4.74 Å². The molecule has 0 saturated heterocycles. The number of rotatable bonds is 3. The average Bonchev–Trinajstić information content (AvgIpc) is 2.89. The molecule has 0 bridgehead atoms. The van der Waals surface area contributed by atoms with Crippen LogP contribution in [0.4, 0.5) is 18.0 Å². The number of hydrogen-bond acceptors (Lipinski definition) is 4. The van der Waals surface area contributed by atoms with Gasteiger partial charge in [-0.3, -0.25) is 5.32 Å². The quantitative estimate of drug-likeness (QED) is 0.895. The molecule has 0 spiro atoms. The number of carbonyl (C=O) groups is 1. The molecule has 23 heavy (non-hydrogen) atoms. The molecule has 2 rings (SSSR count). The van der Waals surface area contributed by atoms with Crippen LogP contribution in [0.3, 0.4) is 0 Å². The Morgan fingerprint density at radius 2 is 2.04 bits per heavy atom. The van der Waals surface area contributed by atoms with Gasteiger partial charge in [-0.15, -0.1) is 0 Å². The first-order valence-corrected chi connectivity index (χ1v) is 7.31. The van der Waals surface area contributed by atoms with Gasteiger partial charge in [0, 0.05) is 0 Å². The SMILES string of the molecule is CCOC(=O)NC1=NC(c2ccccc2C(F)(F)F)C(CC)N1. The molecule has 2 unspecified atom stereocenters. The van der Waals surface area contributed by atoms with Crippen LogP contribution in [0.25, 0.3) is 0 Å². The van der Waals surface area contributed by atoms with Crippen LogP contribution in [-0.2, 0) is 10.9 Å². The Labute approximate surface area is 131 Å². The number of amides is 1. The summed E-state index contributed by atoms with van der Waals surface area (Å²) in [7, 11) is 0. The van der Waals surface area contributed by atoms with E-state index in [0.717, 1.165) is 6.07 Å². The predicted octanol–water partition coefficient (Wildman–Crippen LogP) is 3.23. The van der Waals surface area contributed by atoms with E-state index in [2.05, 4.69) is 15.6 Å². The summed E-state index contributed by atoms with van der Waals surface area (Å²) in [6.07, 6.45) is -4.60. The van der Waals surface area contributed by atoms with Crippen molar-refractivity contribution in [3.05, 3.63) is 35.4 Å². The number of ether oxygens (including phenoxy) is 1. The number of hydrogen-bond donors (Lipinski definition) is 2. The van der Waals surface area contributed by atoms with Crippen LogP contribution < -0.4 is 10.6 Å². The number of alkyl halides is 3. The summed E-state index contributed by atoms with van der Waals surface area (Å²) < 4.78 is 44.3. The molecule has 0 radical (unpaired) electrons. The highest BCUT2D eigenvalue weighted by Gasteiger charge is 2.38. The van der Waals surface area contributed by atoms with Crippen molar-refractivity contribution < 1.29 is 22.7 Å². The standard InChI is InChI=1S/C15H18F3N3O2/c1-3-11-12(20-13(19-11)21-14(22)23-4-2)9-7-5-6-8-10(9)15(16,17)18/h5-8,11-12H,3-4H2,1-2H3,(H2,19,20,21,22). The van der Waals surface area contributed by atoms with Crippen molar-refractivity contribution in [2.24, 2.45) is 4.99 Å². The Morgan fingerprint density at radius 1 is 1.35 bits per heavy atom. The van der Waals surface area contributed by atoms with Crippen molar-refractivity contribution in [2.75, 3.05) is 6.61 Å². The topological polar surface area (TPSA) is 62.7 Å². The second-order valence-electron chi connectivity index (χ2n) is 5.01. The van der Waals surface area contributed by atoms with Crippen molar-refractivity contribution in [1.29, 1.82) is 0 Å². The molecule has 0 aromatic heterocycles. The second kappa shape index (κ2) is 6.89. The molecule has 2 N–H and O–H groups in total. The van der Waals surface area contributed by atoms with Gasteiger partial charge in [0.2, 0.25) is 5.96 Å². The lowest BCUT2D eigenvalue weighted by atomic mass is 9.94. The van der Waals surface area contributed by atoms with Crippen LogP contribution >= 0.6 is 0 Å². The zero-order chi connectivity index (χ0) is 17.0. The van der Waals surface area contributed by atoms with Crippen LogP contribution in [0.1, 0.15) is 37.4 Å². The van der Waals surface area contributed by atoms with Gasteiger partial charge in [-0.05, 0) is 25.0 Å². The normalized spacial score (nSPS) is 20.7. The van der Waals surface area contributed by atoms with Crippen LogP contribution in [0.2, 0.25) is 0 Å². The summed E-state index contributed by atoms with van der Waals surface area (Å²) in [5.41, 5.74) is -0.633. The van der Waals surface area contributed by atoms with Crippen LogP contribution in [-0.4, -0.2) is 24.7 Å². The molecule has 0 aliphatic carbocycles. The molecule has 8 heteroatoms. The van der Waals surface area contributed by atoms with Crippen LogP contribution in [0.15, 0.2) is 29.3 Å². The Morgan fingerprint density at radius 3 is 2.65 bits per heavy atom. The van der Waals surface area contributed by atoms with Gasteiger partial charge >= 0.3 is 12.3 Å². The fourth-order valence-electron chi connectivity index (χ4n) is 2.48. The third-order valence-electron chi connectivity index (χ3n) is 3.49. The number of nitrogens with one attached hydrogen (secondary N) is 2. The van der Waals surface area contributed by atoms with E-state index in [-0.39, 0.29) is 24.2 Å². The van der Waals surface area contributed by atoms with Gasteiger partial charge in [0.25, 0.3) is 0 Å².